The molecule has 3 rings (SSSR count). The first-order valence-corrected chi connectivity index (χ1v) is 7.12. The molecule has 1 saturated heterocycles. The van der Waals surface area contributed by atoms with E-state index >= 15 is 0 Å². The van der Waals surface area contributed by atoms with Gasteiger partial charge in [-0.3, -0.25) is 9.78 Å². The van der Waals surface area contributed by atoms with Crippen molar-refractivity contribution in [3.8, 4) is 5.75 Å². The summed E-state index contributed by atoms with van der Waals surface area (Å²) in [4.78, 5) is 25.5. The molecule has 116 valence electrons. The summed E-state index contributed by atoms with van der Waals surface area (Å²) in [5, 5.41) is 0. The van der Waals surface area contributed by atoms with Gasteiger partial charge in [0, 0.05) is 38.7 Å². The van der Waals surface area contributed by atoms with Crippen molar-refractivity contribution in [2.75, 3.05) is 20.3 Å². The molecule has 1 N–H and O–H groups in total. The van der Waals surface area contributed by atoms with E-state index < -0.39 is 0 Å². The third-order valence-electron chi connectivity index (χ3n) is 3.75. The molecule has 2 aromatic heterocycles. The number of amides is 1. The first kappa shape index (κ1) is 14.5. The molecule has 3 heterocycles. The number of rotatable bonds is 5. The number of aromatic nitrogens is 3. The quantitative estimate of drug-likeness (QED) is 0.897. The monoisotopic (exact) mass is 302 g/mol. The normalized spacial score (nSPS) is 21.0. The van der Waals surface area contributed by atoms with Crippen molar-refractivity contribution >= 4 is 5.91 Å². The predicted octanol–water partition coefficient (Wildman–Crippen LogP) is 1.17. The Labute approximate surface area is 128 Å². The number of H-pyrrole nitrogens is 1. The Bertz CT molecular complexity index is 603. The van der Waals surface area contributed by atoms with Gasteiger partial charge in [-0.1, -0.05) is 0 Å². The Balaban J connectivity index is 1.66. The van der Waals surface area contributed by atoms with Crippen LogP contribution >= 0.6 is 0 Å². The molecular formula is C15H18N4O3. The number of nitrogens with one attached hydrogen (secondary N) is 1. The van der Waals surface area contributed by atoms with E-state index in [-0.39, 0.29) is 24.7 Å². The molecule has 0 bridgehead atoms. The number of imidazole rings is 1. The molecule has 1 aliphatic heterocycles. The molecule has 1 aliphatic rings. The fourth-order valence-electron chi connectivity index (χ4n) is 2.62. The zero-order valence-electron chi connectivity index (χ0n) is 12.3. The maximum atomic E-state index is 12.5. The van der Waals surface area contributed by atoms with E-state index in [1.165, 1.54) is 0 Å². The molecule has 7 nitrogen and oxygen atoms in total. The smallest absolute Gasteiger partial charge is 0.261 e. The van der Waals surface area contributed by atoms with E-state index in [0.29, 0.717) is 12.3 Å². The van der Waals surface area contributed by atoms with Crippen LogP contribution in [-0.4, -0.2) is 52.1 Å². The molecule has 22 heavy (non-hydrogen) atoms. The van der Waals surface area contributed by atoms with Gasteiger partial charge >= 0.3 is 0 Å². The highest BCUT2D eigenvalue weighted by atomic mass is 16.5. The summed E-state index contributed by atoms with van der Waals surface area (Å²) in [5.41, 5.74) is 0. The van der Waals surface area contributed by atoms with Crippen molar-refractivity contribution in [1.82, 2.24) is 19.9 Å². The second kappa shape index (κ2) is 6.57. The fraction of sp³-hybridized carbons (Fsp3) is 0.400. The molecule has 0 radical (unpaired) electrons. The summed E-state index contributed by atoms with van der Waals surface area (Å²) in [7, 11) is 1.66. The van der Waals surface area contributed by atoms with Crippen LogP contribution in [0.2, 0.25) is 0 Å². The van der Waals surface area contributed by atoms with Gasteiger partial charge < -0.3 is 19.4 Å². The number of carbonyl (C=O) groups is 1. The van der Waals surface area contributed by atoms with Gasteiger partial charge in [0.1, 0.15) is 11.6 Å². The Morgan fingerprint density at radius 3 is 3.09 bits per heavy atom. The topological polar surface area (TPSA) is 80.3 Å². The van der Waals surface area contributed by atoms with Crippen LogP contribution in [-0.2, 0) is 9.53 Å². The lowest BCUT2D eigenvalue weighted by molar-refractivity contribution is -0.134. The first-order valence-electron chi connectivity index (χ1n) is 7.12. The minimum atomic E-state index is -0.107. The Kier molecular flexibility index (Phi) is 4.34. The number of methoxy groups -OCH3 is 1. The number of nitrogens with zero attached hydrogens (tertiary/aromatic N) is 3. The molecule has 1 unspecified atom stereocenters. The zero-order chi connectivity index (χ0) is 15.4. The van der Waals surface area contributed by atoms with E-state index in [9.17, 15) is 4.79 Å². The van der Waals surface area contributed by atoms with Crippen LogP contribution in [0.1, 0.15) is 18.3 Å². The van der Waals surface area contributed by atoms with Crippen LogP contribution < -0.4 is 4.74 Å². The molecule has 2 atom stereocenters. The summed E-state index contributed by atoms with van der Waals surface area (Å²) < 4.78 is 10.9. The summed E-state index contributed by atoms with van der Waals surface area (Å²) in [6.07, 6.45) is 7.42. The molecule has 1 amide bonds. The number of pyridine rings is 1. The largest absolute Gasteiger partial charge is 0.482 e. The van der Waals surface area contributed by atoms with Crippen LogP contribution in [0, 0.1) is 0 Å². The SMILES string of the molecule is CO[C@@H]1CC(c2ncc[nH]2)N(C(=O)COc2cccnc2)C1. The molecule has 0 aromatic carbocycles. The summed E-state index contributed by atoms with van der Waals surface area (Å²) in [6, 6.07) is 3.43. The van der Waals surface area contributed by atoms with Gasteiger partial charge in [-0.25, -0.2) is 4.98 Å². The van der Waals surface area contributed by atoms with Gasteiger partial charge in [-0.15, -0.1) is 0 Å². The minimum Gasteiger partial charge on any atom is -0.482 e. The molecule has 0 aliphatic carbocycles. The second-order valence-electron chi connectivity index (χ2n) is 5.11. The highest BCUT2D eigenvalue weighted by Crippen LogP contribution is 2.31. The maximum Gasteiger partial charge on any atom is 0.261 e. The Hall–Kier alpha value is -2.41. The van der Waals surface area contributed by atoms with Crippen molar-refractivity contribution < 1.29 is 14.3 Å². The third kappa shape index (κ3) is 3.09. The standard InChI is InChI=1S/C15H18N4O3/c1-21-12-7-13(15-17-5-6-18-15)19(9-12)14(20)10-22-11-3-2-4-16-8-11/h2-6,8,12-13H,7,9-10H2,1H3,(H,17,18)/t12-,13?/m1/s1. The number of likely N-dealkylation sites (tertiary alicyclic amines) is 1. The van der Waals surface area contributed by atoms with Gasteiger partial charge in [0.2, 0.25) is 0 Å². The zero-order valence-corrected chi connectivity index (χ0v) is 12.3. The molecule has 7 heteroatoms. The lowest BCUT2D eigenvalue weighted by Crippen LogP contribution is -2.36. The Morgan fingerprint density at radius 2 is 2.41 bits per heavy atom. The summed E-state index contributed by atoms with van der Waals surface area (Å²) >= 11 is 0. The average Bonchev–Trinajstić information content (AvgIpc) is 3.22. The number of ether oxygens (including phenoxy) is 2. The summed E-state index contributed by atoms with van der Waals surface area (Å²) in [5.74, 6) is 1.26. The van der Waals surface area contributed by atoms with E-state index in [0.717, 1.165) is 12.2 Å². The van der Waals surface area contributed by atoms with E-state index in [4.69, 9.17) is 9.47 Å². The van der Waals surface area contributed by atoms with Gasteiger partial charge in [-0.05, 0) is 12.1 Å². The number of hydrogen-bond donors (Lipinski definition) is 1. The molecule has 0 saturated carbocycles. The molecule has 1 fully saturated rings. The van der Waals surface area contributed by atoms with E-state index in [2.05, 4.69) is 15.0 Å². The van der Waals surface area contributed by atoms with Crippen molar-refractivity contribution in [3.05, 3.63) is 42.7 Å². The van der Waals surface area contributed by atoms with Crippen LogP contribution in [0.15, 0.2) is 36.9 Å². The van der Waals surface area contributed by atoms with Crippen molar-refractivity contribution in [1.29, 1.82) is 0 Å². The fourth-order valence-corrected chi connectivity index (χ4v) is 2.62. The van der Waals surface area contributed by atoms with Crippen LogP contribution in [0.25, 0.3) is 0 Å². The number of carbonyl (C=O) groups excluding carboxylic acids is 1. The maximum absolute atomic E-state index is 12.5. The number of aromatic amines is 1. The third-order valence-corrected chi connectivity index (χ3v) is 3.75. The first-order chi connectivity index (χ1) is 10.8. The summed E-state index contributed by atoms with van der Waals surface area (Å²) in [6.45, 7) is 0.510. The van der Waals surface area contributed by atoms with Gasteiger partial charge in [0.15, 0.2) is 6.61 Å². The Morgan fingerprint density at radius 1 is 1.50 bits per heavy atom. The van der Waals surface area contributed by atoms with Crippen molar-refractivity contribution in [3.63, 3.8) is 0 Å². The van der Waals surface area contributed by atoms with Crippen molar-refractivity contribution in [2.45, 2.75) is 18.6 Å². The minimum absolute atomic E-state index is 0.0115. The predicted molar refractivity (Wildman–Crippen MR) is 78.2 cm³/mol. The second-order valence-corrected chi connectivity index (χ2v) is 5.11. The lowest BCUT2D eigenvalue weighted by Gasteiger charge is -2.22. The van der Waals surface area contributed by atoms with E-state index in [1.54, 1.807) is 48.9 Å². The van der Waals surface area contributed by atoms with Gasteiger partial charge in [-0.2, -0.15) is 0 Å². The van der Waals surface area contributed by atoms with Gasteiger partial charge in [0.25, 0.3) is 5.91 Å². The van der Waals surface area contributed by atoms with E-state index in [1.807, 2.05) is 0 Å². The molecule has 0 spiro atoms. The lowest BCUT2D eigenvalue weighted by atomic mass is 10.2. The highest BCUT2D eigenvalue weighted by molar-refractivity contribution is 5.78. The molecule has 2 aromatic rings. The number of hydrogen-bond acceptors (Lipinski definition) is 5. The molecular weight excluding hydrogens is 284 g/mol. The van der Waals surface area contributed by atoms with Gasteiger partial charge in [0.05, 0.1) is 18.3 Å². The van der Waals surface area contributed by atoms with Crippen LogP contribution in [0.3, 0.4) is 0 Å². The highest BCUT2D eigenvalue weighted by Gasteiger charge is 2.37. The van der Waals surface area contributed by atoms with Crippen LogP contribution in [0.4, 0.5) is 0 Å². The average molecular weight is 302 g/mol. The van der Waals surface area contributed by atoms with Crippen LogP contribution in [0.5, 0.6) is 5.75 Å². The van der Waals surface area contributed by atoms with Crippen molar-refractivity contribution in [2.24, 2.45) is 0 Å².